The monoisotopic (exact) mass is 398 g/mol. The topological polar surface area (TPSA) is 134 Å². The molecule has 138 valence electrons. The summed E-state index contributed by atoms with van der Waals surface area (Å²) >= 11 is 0. The maximum Gasteiger partial charge on any atom is 0.536 e. The van der Waals surface area contributed by atoms with Crippen molar-refractivity contribution in [3.05, 3.63) is 72.8 Å². The number of rotatable bonds is 4. The van der Waals surface area contributed by atoms with Crippen molar-refractivity contribution >= 4 is 26.4 Å². The van der Waals surface area contributed by atoms with Crippen LogP contribution in [-0.2, 0) is 13.4 Å². The number of hydrogen-bond donors (Lipinski definition) is 4. The van der Waals surface area contributed by atoms with Crippen LogP contribution in [0.25, 0.3) is 10.8 Å². The molecule has 3 rings (SSSR count). The number of fused-ring (bicyclic) bond motifs is 1. The van der Waals surface area contributed by atoms with Gasteiger partial charge in [0.15, 0.2) is 0 Å². The van der Waals surface area contributed by atoms with Gasteiger partial charge in [-0.3, -0.25) is 4.89 Å². The van der Waals surface area contributed by atoms with Crippen LogP contribution < -0.4 is 4.52 Å². The lowest BCUT2D eigenvalue weighted by molar-refractivity contribution is 0.229. The Balaban J connectivity index is 0.000000206. The normalized spacial score (nSPS) is 13.3. The summed E-state index contributed by atoms with van der Waals surface area (Å²) in [6, 6.07) is 21.3. The summed E-state index contributed by atoms with van der Waals surface area (Å²) < 4.78 is 29.2. The molecule has 1 unspecified atom stereocenters. The number of phosphoric acid groups is 2. The predicted octanol–water partition coefficient (Wildman–Crippen LogP) is 3.82. The highest BCUT2D eigenvalue weighted by Crippen LogP contribution is 2.57. The zero-order valence-electron chi connectivity index (χ0n) is 13.2. The van der Waals surface area contributed by atoms with Gasteiger partial charge in [0.1, 0.15) is 11.5 Å². The van der Waals surface area contributed by atoms with Crippen LogP contribution in [0.1, 0.15) is 0 Å². The third kappa shape index (κ3) is 6.98. The molecule has 3 aromatic carbocycles. The third-order valence-electron chi connectivity index (χ3n) is 2.93. The molecule has 0 saturated carbocycles. The summed E-state index contributed by atoms with van der Waals surface area (Å²) in [6.45, 7) is 0. The fraction of sp³-hybridized carbons (Fsp3) is 0. The van der Waals surface area contributed by atoms with Crippen molar-refractivity contribution in [1.29, 1.82) is 0 Å². The van der Waals surface area contributed by atoms with Crippen LogP contribution in [0.3, 0.4) is 0 Å². The summed E-state index contributed by atoms with van der Waals surface area (Å²) in [5.74, 6) is -0.284. The van der Waals surface area contributed by atoms with E-state index in [1.54, 1.807) is 0 Å². The number of phenolic OH excluding ortho intramolecular Hbond substituents is 1. The number of hydrogen-bond acceptors (Lipinski definition) is 5. The van der Waals surface area contributed by atoms with Crippen molar-refractivity contribution in [3.8, 4) is 11.5 Å². The number of phenols is 1. The van der Waals surface area contributed by atoms with E-state index in [-0.39, 0.29) is 11.5 Å². The second-order valence-corrected chi connectivity index (χ2v) is 7.73. The van der Waals surface area contributed by atoms with Gasteiger partial charge < -0.3 is 19.4 Å². The van der Waals surface area contributed by atoms with Crippen LogP contribution in [0.5, 0.6) is 11.5 Å². The van der Waals surface area contributed by atoms with Crippen molar-refractivity contribution in [3.63, 3.8) is 0 Å². The smallest absolute Gasteiger partial charge is 0.508 e. The van der Waals surface area contributed by atoms with Crippen molar-refractivity contribution < 1.29 is 37.8 Å². The molecule has 1 atom stereocenters. The third-order valence-corrected chi connectivity index (χ3v) is 5.04. The summed E-state index contributed by atoms with van der Waals surface area (Å²) in [4.78, 5) is 25.6. The molecule has 0 aliphatic rings. The largest absolute Gasteiger partial charge is 0.536 e. The first-order valence-electron chi connectivity index (χ1n) is 7.17. The summed E-state index contributed by atoms with van der Waals surface area (Å²) in [5, 5.41) is 11.5. The molecule has 0 spiro atoms. The minimum atomic E-state index is -5.12. The van der Waals surface area contributed by atoms with Gasteiger partial charge in [0.25, 0.3) is 0 Å². The summed E-state index contributed by atoms with van der Waals surface area (Å²) in [5.41, 5.74) is 0. The van der Waals surface area contributed by atoms with Crippen LogP contribution in [0.15, 0.2) is 72.8 Å². The van der Waals surface area contributed by atoms with E-state index in [2.05, 4.69) is 57.4 Å². The molecule has 0 aliphatic heterocycles. The van der Waals surface area contributed by atoms with Crippen LogP contribution in [0, 0.1) is 0 Å². The van der Waals surface area contributed by atoms with Crippen molar-refractivity contribution in [1.82, 2.24) is 0 Å². The molecule has 0 aliphatic carbocycles. The molecule has 0 radical (unpaired) electrons. The maximum absolute atomic E-state index is 11.0. The molecule has 0 amide bonds. The Hall–Kier alpha value is -2.18. The van der Waals surface area contributed by atoms with Gasteiger partial charge in [0.2, 0.25) is 0 Å². The van der Waals surface area contributed by atoms with E-state index in [4.69, 9.17) is 19.8 Å². The molecular formula is C16H16O8P2. The Morgan fingerprint density at radius 1 is 0.692 bits per heavy atom. The van der Waals surface area contributed by atoms with Gasteiger partial charge in [-0.05, 0) is 35.0 Å². The van der Waals surface area contributed by atoms with E-state index < -0.39 is 15.6 Å². The first kappa shape index (κ1) is 20.1. The molecule has 0 fully saturated rings. The SMILES string of the molecule is O=P(O)(O)OP(=O)(O)Oc1ccc(O)cc1.c1ccc2ccccc2c1. The second kappa shape index (κ2) is 8.47. The first-order valence-corrected chi connectivity index (χ1v) is 10.2. The van der Waals surface area contributed by atoms with Gasteiger partial charge in [-0.2, -0.15) is 4.31 Å². The highest BCUT2D eigenvalue weighted by atomic mass is 31.3. The second-order valence-electron chi connectivity index (χ2n) is 4.97. The molecule has 10 heteroatoms. The summed E-state index contributed by atoms with van der Waals surface area (Å²) in [6.07, 6.45) is 0. The minimum absolute atomic E-state index is 0.101. The minimum Gasteiger partial charge on any atom is -0.508 e. The van der Waals surface area contributed by atoms with Crippen LogP contribution in [-0.4, -0.2) is 19.8 Å². The Morgan fingerprint density at radius 2 is 1.12 bits per heavy atom. The zero-order valence-corrected chi connectivity index (χ0v) is 15.0. The maximum atomic E-state index is 11.0. The van der Waals surface area contributed by atoms with Crippen LogP contribution in [0.2, 0.25) is 0 Å². The molecule has 0 bridgehead atoms. The van der Waals surface area contributed by atoms with Crippen LogP contribution >= 0.6 is 15.6 Å². The van der Waals surface area contributed by atoms with Crippen molar-refractivity contribution in [2.75, 3.05) is 0 Å². The van der Waals surface area contributed by atoms with E-state index in [9.17, 15) is 9.13 Å². The van der Waals surface area contributed by atoms with E-state index in [1.807, 2.05) is 0 Å². The van der Waals surface area contributed by atoms with E-state index >= 15 is 0 Å². The standard InChI is InChI=1S/C10H8.C6H8O8P2/c1-2-6-10-8-4-3-7-9(10)5-1;7-5-1-3-6(4-2-5)13-16(11,12)14-15(8,9)10/h1-8H;1-4,7H,(H,11,12)(H2,8,9,10). The molecule has 0 aromatic heterocycles. The van der Waals surface area contributed by atoms with E-state index in [0.717, 1.165) is 24.3 Å². The Morgan fingerprint density at radius 3 is 1.50 bits per heavy atom. The highest BCUT2D eigenvalue weighted by molar-refractivity contribution is 7.60. The predicted molar refractivity (Wildman–Crippen MR) is 95.6 cm³/mol. The molecule has 0 saturated heterocycles. The Kier molecular flexibility index (Phi) is 6.56. The lowest BCUT2D eigenvalue weighted by Gasteiger charge is -2.12. The fourth-order valence-electron chi connectivity index (χ4n) is 1.92. The van der Waals surface area contributed by atoms with Gasteiger partial charge in [0, 0.05) is 0 Å². The van der Waals surface area contributed by atoms with Crippen LogP contribution in [0.4, 0.5) is 0 Å². The number of benzene rings is 3. The molecule has 4 N–H and O–H groups in total. The van der Waals surface area contributed by atoms with Gasteiger partial charge in [-0.1, -0.05) is 48.5 Å². The number of aromatic hydroxyl groups is 1. The fourth-order valence-corrected chi connectivity index (χ4v) is 3.52. The molecule has 26 heavy (non-hydrogen) atoms. The average Bonchev–Trinajstić information content (AvgIpc) is 2.55. The van der Waals surface area contributed by atoms with E-state index in [1.165, 1.54) is 10.8 Å². The van der Waals surface area contributed by atoms with Gasteiger partial charge >= 0.3 is 15.6 Å². The lowest BCUT2D eigenvalue weighted by atomic mass is 10.1. The Bertz CT molecular complexity index is 886. The van der Waals surface area contributed by atoms with Crippen molar-refractivity contribution in [2.24, 2.45) is 0 Å². The van der Waals surface area contributed by atoms with Gasteiger partial charge in [-0.15, -0.1) is 0 Å². The molecule has 8 nitrogen and oxygen atoms in total. The highest BCUT2D eigenvalue weighted by Gasteiger charge is 2.33. The zero-order chi connectivity index (χ0) is 19.2. The molecule has 3 aromatic rings. The van der Waals surface area contributed by atoms with E-state index in [0.29, 0.717) is 0 Å². The quantitative estimate of drug-likeness (QED) is 0.488. The molecular weight excluding hydrogens is 382 g/mol. The Labute approximate surface area is 149 Å². The molecule has 0 heterocycles. The summed E-state index contributed by atoms with van der Waals surface area (Å²) in [7, 11) is -10.0. The van der Waals surface area contributed by atoms with Gasteiger partial charge in [-0.25, -0.2) is 9.13 Å². The van der Waals surface area contributed by atoms with Gasteiger partial charge in [0.05, 0.1) is 0 Å². The first-order chi connectivity index (χ1) is 12.1. The number of phosphoric ester groups is 1. The lowest BCUT2D eigenvalue weighted by Crippen LogP contribution is -1.95. The average molecular weight is 398 g/mol. The van der Waals surface area contributed by atoms with Crippen molar-refractivity contribution in [2.45, 2.75) is 0 Å².